The number of methoxy groups -OCH3 is 1. The van der Waals surface area contributed by atoms with Gasteiger partial charge in [0.1, 0.15) is 5.75 Å². The van der Waals surface area contributed by atoms with Gasteiger partial charge in [-0.05, 0) is 30.7 Å². The lowest BCUT2D eigenvalue weighted by Gasteiger charge is -2.26. The molecule has 0 spiro atoms. The molecule has 0 N–H and O–H groups in total. The van der Waals surface area contributed by atoms with Crippen LogP contribution in [0, 0.1) is 6.92 Å². The summed E-state index contributed by atoms with van der Waals surface area (Å²) < 4.78 is 37.9. The maximum Gasteiger partial charge on any atom is 0.257 e. The fraction of sp³-hybridized carbons (Fsp3) is 0.381. The van der Waals surface area contributed by atoms with Gasteiger partial charge in [-0.2, -0.15) is 4.31 Å². The molecule has 8 heteroatoms. The van der Waals surface area contributed by atoms with Crippen LogP contribution < -0.4 is 4.74 Å². The van der Waals surface area contributed by atoms with Crippen molar-refractivity contribution < 1.29 is 22.7 Å². The van der Waals surface area contributed by atoms with Gasteiger partial charge < -0.3 is 14.4 Å². The van der Waals surface area contributed by atoms with Gasteiger partial charge in [0.25, 0.3) is 5.91 Å². The van der Waals surface area contributed by atoms with Gasteiger partial charge in [0.2, 0.25) is 10.0 Å². The Labute approximate surface area is 171 Å². The van der Waals surface area contributed by atoms with Crippen molar-refractivity contribution in [2.75, 3.05) is 40.5 Å². The Balaban J connectivity index is 1.87. The lowest BCUT2D eigenvalue weighted by Crippen LogP contribution is -2.40. The van der Waals surface area contributed by atoms with Crippen molar-refractivity contribution in [2.24, 2.45) is 0 Å². The largest absolute Gasteiger partial charge is 0.496 e. The highest BCUT2D eigenvalue weighted by Gasteiger charge is 2.28. The van der Waals surface area contributed by atoms with E-state index in [0.717, 1.165) is 11.1 Å². The van der Waals surface area contributed by atoms with E-state index in [-0.39, 0.29) is 16.4 Å². The van der Waals surface area contributed by atoms with Gasteiger partial charge in [-0.15, -0.1) is 0 Å². The molecule has 0 unspecified atom stereocenters. The maximum absolute atomic E-state index is 13.1. The average molecular weight is 419 g/mol. The van der Waals surface area contributed by atoms with Gasteiger partial charge >= 0.3 is 0 Å². The molecular formula is C21H26N2O5S. The highest BCUT2D eigenvalue weighted by Crippen LogP contribution is 2.26. The number of benzene rings is 2. The Morgan fingerprint density at radius 2 is 1.79 bits per heavy atom. The highest BCUT2D eigenvalue weighted by atomic mass is 32.2. The van der Waals surface area contributed by atoms with Crippen LogP contribution in [-0.4, -0.2) is 64.0 Å². The summed E-state index contributed by atoms with van der Waals surface area (Å²) in [7, 11) is -0.560. The van der Waals surface area contributed by atoms with Crippen molar-refractivity contribution in [1.29, 1.82) is 0 Å². The Morgan fingerprint density at radius 3 is 2.41 bits per heavy atom. The molecule has 0 atom stereocenters. The number of hydrogen-bond donors (Lipinski definition) is 0. The molecule has 0 bridgehead atoms. The summed E-state index contributed by atoms with van der Waals surface area (Å²) in [6, 6.07) is 12.3. The van der Waals surface area contributed by atoms with Crippen molar-refractivity contribution in [1.82, 2.24) is 9.21 Å². The molecule has 1 saturated heterocycles. The summed E-state index contributed by atoms with van der Waals surface area (Å²) in [6.45, 7) is 3.73. The van der Waals surface area contributed by atoms with Crippen LogP contribution in [0.5, 0.6) is 5.75 Å². The van der Waals surface area contributed by atoms with Gasteiger partial charge in [0.05, 0.1) is 30.8 Å². The van der Waals surface area contributed by atoms with Crippen LogP contribution in [0.15, 0.2) is 47.4 Å². The second-order valence-electron chi connectivity index (χ2n) is 7.03. The SMILES string of the molecule is COc1ccc(S(=O)(=O)N2CCOCC2)cc1C(=O)N(C)Cc1ccc(C)cc1. The van der Waals surface area contributed by atoms with E-state index in [2.05, 4.69) is 0 Å². The van der Waals surface area contributed by atoms with E-state index in [4.69, 9.17) is 9.47 Å². The lowest BCUT2D eigenvalue weighted by molar-refractivity contribution is 0.0730. The quantitative estimate of drug-likeness (QED) is 0.720. The number of morpholine rings is 1. The molecule has 29 heavy (non-hydrogen) atoms. The van der Waals surface area contributed by atoms with Crippen LogP contribution in [0.3, 0.4) is 0 Å². The van der Waals surface area contributed by atoms with E-state index >= 15 is 0 Å². The third-order valence-corrected chi connectivity index (χ3v) is 6.79. The molecule has 156 valence electrons. The molecule has 0 saturated carbocycles. The minimum absolute atomic E-state index is 0.0762. The Morgan fingerprint density at radius 1 is 1.14 bits per heavy atom. The van der Waals surface area contributed by atoms with Crippen LogP contribution in [0.1, 0.15) is 21.5 Å². The van der Waals surface area contributed by atoms with Gasteiger partial charge in [0, 0.05) is 26.7 Å². The summed E-state index contributed by atoms with van der Waals surface area (Å²) in [5.41, 5.74) is 2.35. The van der Waals surface area contributed by atoms with Gasteiger partial charge in [0.15, 0.2) is 0 Å². The van der Waals surface area contributed by atoms with Crippen LogP contribution in [0.2, 0.25) is 0 Å². The van der Waals surface area contributed by atoms with Crippen molar-refractivity contribution in [3.63, 3.8) is 0 Å². The molecular weight excluding hydrogens is 392 g/mol. The van der Waals surface area contributed by atoms with Crippen molar-refractivity contribution in [3.8, 4) is 5.75 Å². The zero-order chi connectivity index (χ0) is 21.0. The van der Waals surface area contributed by atoms with Gasteiger partial charge in [-0.1, -0.05) is 29.8 Å². The number of amides is 1. The van der Waals surface area contributed by atoms with E-state index < -0.39 is 10.0 Å². The first-order valence-corrected chi connectivity index (χ1v) is 10.8. The first-order chi connectivity index (χ1) is 13.8. The predicted octanol–water partition coefficient (Wildman–Crippen LogP) is 2.30. The van der Waals surface area contributed by atoms with Gasteiger partial charge in [-0.25, -0.2) is 8.42 Å². The summed E-state index contributed by atoms with van der Waals surface area (Å²) in [4.78, 5) is 14.7. The zero-order valence-corrected chi connectivity index (χ0v) is 17.7. The minimum Gasteiger partial charge on any atom is -0.496 e. The Bertz CT molecular complexity index is 967. The van der Waals surface area contributed by atoms with E-state index in [1.807, 2.05) is 31.2 Å². The average Bonchev–Trinajstić information content (AvgIpc) is 2.74. The molecule has 1 fully saturated rings. The molecule has 1 heterocycles. The number of sulfonamides is 1. The number of carbonyl (C=O) groups is 1. The lowest BCUT2D eigenvalue weighted by atomic mass is 10.1. The van der Waals surface area contributed by atoms with Crippen molar-refractivity contribution in [2.45, 2.75) is 18.4 Å². The number of aryl methyl sites for hydroxylation is 1. The van der Waals surface area contributed by atoms with Crippen LogP contribution in [-0.2, 0) is 21.3 Å². The Kier molecular flexibility index (Phi) is 6.56. The van der Waals surface area contributed by atoms with E-state index in [1.54, 1.807) is 11.9 Å². The van der Waals surface area contributed by atoms with E-state index in [1.165, 1.54) is 29.6 Å². The molecule has 1 aliphatic rings. The second kappa shape index (κ2) is 8.94. The third kappa shape index (κ3) is 4.77. The van der Waals surface area contributed by atoms with Gasteiger partial charge in [-0.3, -0.25) is 4.79 Å². The minimum atomic E-state index is -3.71. The summed E-state index contributed by atoms with van der Waals surface area (Å²) in [5, 5.41) is 0. The molecule has 0 radical (unpaired) electrons. The molecule has 2 aromatic rings. The zero-order valence-electron chi connectivity index (χ0n) is 16.9. The number of ether oxygens (including phenoxy) is 2. The third-order valence-electron chi connectivity index (χ3n) is 4.90. The molecule has 2 aromatic carbocycles. The smallest absolute Gasteiger partial charge is 0.257 e. The first kappa shape index (κ1) is 21.3. The number of carbonyl (C=O) groups excluding carboxylic acids is 1. The Hall–Kier alpha value is -2.42. The molecule has 0 aliphatic carbocycles. The fourth-order valence-electron chi connectivity index (χ4n) is 3.20. The second-order valence-corrected chi connectivity index (χ2v) is 8.96. The molecule has 7 nitrogen and oxygen atoms in total. The number of hydrogen-bond acceptors (Lipinski definition) is 5. The normalized spacial score (nSPS) is 15.1. The van der Waals surface area contributed by atoms with Crippen molar-refractivity contribution >= 4 is 15.9 Å². The van der Waals surface area contributed by atoms with Crippen LogP contribution in [0.25, 0.3) is 0 Å². The fourth-order valence-corrected chi connectivity index (χ4v) is 4.63. The highest BCUT2D eigenvalue weighted by molar-refractivity contribution is 7.89. The van der Waals surface area contributed by atoms with E-state index in [0.29, 0.717) is 38.6 Å². The summed E-state index contributed by atoms with van der Waals surface area (Å²) in [6.07, 6.45) is 0. The molecule has 0 aromatic heterocycles. The number of rotatable bonds is 6. The topological polar surface area (TPSA) is 76.1 Å². The van der Waals surface area contributed by atoms with Crippen molar-refractivity contribution in [3.05, 3.63) is 59.2 Å². The molecule has 3 rings (SSSR count). The van der Waals surface area contributed by atoms with Crippen LogP contribution >= 0.6 is 0 Å². The van der Waals surface area contributed by atoms with E-state index in [9.17, 15) is 13.2 Å². The summed E-state index contributed by atoms with van der Waals surface area (Å²) in [5.74, 6) is 0.0353. The summed E-state index contributed by atoms with van der Waals surface area (Å²) >= 11 is 0. The van der Waals surface area contributed by atoms with Crippen LogP contribution in [0.4, 0.5) is 0 Å². The monoisotopic (exact) mass is 418 g/mol. The molecule has 1 amide bonds. The standard InChI is InChI=1S/C21H26N2O5S/c1-16-4-6-17(7-5-16)15-22(2)21(24)19-14-18(8-9-20(19)27-3)29(25,26)23-10-12-28-13-11-23/h4-9,14H,10-13,15H2,1-3H3. The molecule has 1 aliphatic heterocycles. The number of nitrogens with zero attached hydrogens (tertiary/aromatic N) is 2. The first-order valence-electron chi connectivity index (χ1n) is 9.40. The maximum atomic E-state index is 13.1. The predicted molar refractivity (Wildman–Crippen MR) is 110 cm³/mol.